The number of aromatic nitrogens is 2. The number of hydrogen-bond acceptors (Lipinski definition) is 4. The van der Waals surface area contributed by atoms with Crippen LogP contribution in [0.1, 0.15) is 48.4 Å². The van der Waals surface area contributed by atoms with Crippen molar-refractivity contribution in [2.24, 2.45) is 0 Å². The van der Waals surface area contributed by atoms with Crippen LogP contribution in [0.5, 0.6) is 0 Å². The first kappa shape index (κ1) is 27.6. The van der Waals surface area contributed by atoms with E-state index < -0.39 is 22.3 Å². The second kappa shape index (κ2) is 10.9. The van der Waals surface area contributed by atoms with E-state index in [9.17, 15) is 14.0 Å². The number of rotatable bonds is 5. The van der Waals surface area contributed by atoms with E-state index in [0.29, 0.717) is 34.0 Å². The van der Waals surface area contributed by atoms with Gasteiger partial charge in [0.25, 0.3) is 0 Å². The summed E-state index contributed by atoms with van der Waals surface area (Å²) in [5.41, 5.74) is 3.43. The highest BCUT2D eigenvalue weighted by Crippen LogP contribution is 2.48. The largest absolute Gasteiger partial charge is 0.325 e. The Hall–Kier alpha value is -3.98. The third-order valence-corrected chi connectivity index (χ3v) is 7.93. The van der Waals surface area contributed by atoms with E-state index in [1.165, 1.54) is 34.9 Å². The van der Waals surface area contributed by atoms with Crippen LogP contribution in [0.4, 0.5) is 20.3 Å². The van der Waals surface area contributed by atoms with Crippen LogP contribution in [-0.4, -0.2) is 33.9 Å². The quantitative estimate of drug-likeness (QED) is 0.300. The molecule has 2 amide bonds. The summed E-state index contributed by atoms with van der Waals surface area (Å²) in [5.74, 6) is -1.10. The number of carbonyl (C=O) groups excluding carboxylic acids is 2. The average molecular weight is 561 g/mol. The Morgan fingerprint density at radius 2 is 1.70 bits per heavy atom. The molecule has 0 bridgehead atoms. The number of fused-ring (bicyclic) bond motifs is 1. The number of carbonyl (C=O) groups is 2. The summed E-state index contributed by atoms with van der Waals surface area (Å²) in [5, 5.41) is 7.23. The van der Waals surface area contributed by atoms with Crippen molar-refractivity contribution in [3.05, 3.63) is 107 Å². The lowest BCUT2D eigenvalue weighted by molar-refractivity contribution is -0.120. The number of halogens is 2. The van der Waals surface area contributed by atoms with Crippen molar-refractivity contribution in [3.8, 4) is 5.69 Å². The van der Waals surface area contributed by atoms with Gasteiger partial charge in [-0.05, 0) is 49.4 Å². The zero-order chi connectivity index (χ0) is 28.6. The van der Waals surface area contributed by atoms with Gasteiger partial charge in [0.05, 0.1) is 22.4 Å². The summed E-state index contributed by atoms with van der Waals surface area (Å²) >= 11 is 1.30. The summed E-state index contributed by atoms with van der Waals surface area (Å²) in [6, 6.07) is 19.6. The van der Waals surface area contributed by atoms with E-state index >= 15 is 4.39 Å². The fourth-order valence-electron chi connectivity index (χ4n) is 4.75. The lowest BCUT2D eigenvalue weighted by Crippen LogP contribution is -2.40. The van der Waals surface area contributed by atoms with Gasteiger partial charge in [-0.25, -0.2) is 13.5 Å². The van der Waals surface area contributed by atoms with Gasteiger partial charge in [-0.15, -0.1) is 11.8 Å². The molecular weight excluding hydrogens is 530 g/mol. The third kappa shape index (κ3) is 5.51. The molecule has 1 aliphatic heterocycles. The highest BCUT2D eigenvalue weighted by atomic mass is 32.2. The van der Waals surface area contributed by atoms with Crippen molar-refractivity contribution < 1.29 is 18.4 Å². The average Bonchev–Trinajstić information content (AvgIpc) is 3.25. The molecule has 0 aliphatic carbocycles. The first-order valence-electron chi connectivity index (χ1n) is 12.9. The first-order chi connectivity index (χ1) is 19.0. The molecule has 5 rings (SSSR count). The molecular formula is C31H30F2N4O2S. The minimum absolute atomic E-state index is 0.0263. The maximum absolute atomic E-state index is 15.2. The monoisotopic (exact) mass is 560 g/mol. The lowest BCUT2D eigenvalue weighted by atomic mass is 9.87. The third-order valence-electron chi connectivity index (χ3n) is 6.70. The number of anilines is 2. The number of aryl methyl sites for hydroxylation is 1. The molecule has 6 nitrogen and oxygen atoms in total. The number of hydrogen-bond donors (Lipinski definition) is 1. The second-order valence-electron chi connectivity index (χ2n) is 10.8. The molecule has 0 saturated heterocycles. The van der Waals surface area contributed by atoms with Crippen molar-refractivity contribution >= 4 is 35.1 Å². The van der Waals surface area contributed by atoms with E-state index in [-0.39, 0.29) is 24.1 Å². The number of nitrogens with zero attached hydrogens (tertiary/aromatic N) is 3. The van der Waals surface area contributed by atoms with E-state index in [0.717, 1.165) is 5.56 Å². The van der Waals surface area contributed by atoms with Crippen molar-refractivity contribution in [2.75, 3.05) is 22.5 Å². The van der Waals surface area contributed by atoms with Crippen LogP contribution in [-0.2, 0) is 15.0 Å². The van der Waals surface area contributed by atoms with Gasteiger partial charge in [-0.2, -0.15) is 5.10 Å². The van der Waals surface area contributed by atoms with Crippen LogP contribution in [0, 0.1) is 18.6 Å². The van der Waals surface area contributed by atoms with Crippen molar-refractivity contribution in [1.29, 1.82) is 0 Å². The smallest absolute Gasteiger partial charge is 0.244 e. The molecule has 1 aliphatic rings. The van der Waals surface area contributed by atoms with Crippen LogP contribution in [0.15, 0.2) is 72.8 Å². The van der Waals surface area contributed by atoms with E-state index in [1.54, 1.807) is 47.1 Å². The van der Waals surface area contributed by atoms with Crippen molar-refractivity contribution in [2.45, 2.75) is 38.4 Å². The standard InChI is InChI=1S/C31H30F2N4O2S/c1-19-9-13-21(14-10-19)34-25(38)17-36-26(39)18-40-28(23-7-5-6-8-24(23)33)27-29(31(2,3)4)35-37(30(27)36)22-15-11-20(32)12-16-22/h5-16,28H,17-18H2,1-4H3,(H,34,38). The first-order valence-corrected chi connectivity index (χ1v) is 14.0. The number of nitrogens with one attached hydrogen (secondary N) is 1. The topological polar surface area (TPSA) is 67.2 Å². The molecule has 2 heterocycles. The van der Waals surface area contributed by atoms with Gasteiger partial charge < -0.3 is 5.32 Å². The summed E-state index contributed by atoms with van der Waals surface area (Å²) in [6.07, 6.45) is 0. The molecule has 0 radical (unpaired) electrons. The Morgan fingerprint density at radius 3 is 2.35 bits per heavy atom. The number of benzene rings is 3. The Labute approximate surface area is 236 Å². The number of thioether (sulfide) groups is 1. The predicted octanol–water partition coefficient (Wildman–Crippen LogP) is 6.56. The van der Waals surface area contributed by atoms with E-state index in [2.05, 4.69) is 5.32 Å². The molecule has 1 N–H and O–H groups in total. The van der Waals surface area contributed by atoms with Crippen LogP contribution in [0.2, 0.25) is 0 Å². The lowest BCUT2D eigenvalue weighted by Gasteiger charge is -2.24. The highest BCUT2D eigenvalue weighted by molar-refractivity contribution is 8.00. The summed E-state index contributed by atoms with van der Waals surface area (Å²) in [7, 11) is 0. The Balaban J connectivity index is 1.70. The molecule has 0 fully saturated rings. The molecule has 3 aromatic carbocycles. The van der Waals surface area contributed by atoms with Crippen LogP contribution < -0.4 is 10.2 Å². The van der Waals surface area contributed by atoms with Crippen LogP contribution >= 0.6 is 11.8 Å². The van der Waals surface area contributed by atoms with Gasteiger partial charge in [-0.3, -0.25) is 14.5 Å². The number of amides is 2. The van der Waals surface area contributed by atoms with Gasteiger partial charge in [0.1, 0.15) is 24.0 Å². The molecule has 206 valence electrons. The minimum atomic E-state index is -0.561. The summed E-state index contributed by atoms with van der Waals surface area (Å²) < 4.78 is 30.7. The fraction of sp³-hybridized carbons (Fsp3) is 0.258. The van der Waals surface area contributed by atoms with Crippen molar-refractivity contribution in [1.82, 2.24) is 9.78 Å². The van der Waals surface area contributed by atoms with Gasteiger partial charge in [0.2, 0.25) is 11.8 Å². The molecule has 1 aromatic heterocycles. The normalized spacial score (nSPS) is 15.5. The zero-order valence-corrected chi connectivity index (χ0v) is 23.6. The SMILES string of the molecule is Cc1ccc(NC(=O)CN2C(=O)CSC(c3ccccc3F)c3c(C(C)(C)C)nn(-c4ccc(F)cc4)c32)cc1. The summed E-state index contributed by atoms with van der Waals surface area (Å²) in [6.45, 7) is 7.66. The maximum Gasteiger partial charge on any atom is 0.244 e. The Bertz CT molecular complexity index is 1560. The van der Waals surface area contributed by atoms with Gasteiger partial charge in [-0.1, -0.05) is 56.7 Å². The molecule has 1 unspecified atom stereocenters. The van der Waals surface area contributed by atoms with Crippen LogP contribution in [0.25, 0.3) is 5.69 Å². The zero-order valence-electron chi connectivity index (χ0n) is 22.7. The predicted molar refractivity (Wildman–Crippen MR) is 155 cm³/mol. The van der Waals surface area contributed by atoms with Gasteiger partial charge >= 0.3 is 0 Å². The molecule has 9 heteroatoms. The van der Waals surface area contributed by atoms with Gasteiger partial charge in [0, 0.05) is 22.2 Å². The highest BCUT2D eigenvalue weighted by Gasteiger charge is 2.40. The van der Waals surface area contributed by atoms with Crippen LogP contribution in [0.3, 0.4) is 0 Å². The molecule has 0 spiro atoms. The second-order valence-corrected chi connectivity index (χ2v) is 11.9. The molecule has 0 saturated carbocycles. The molecule has 4 aromatic rings. The fourth-order valence-corrected chi connectivity index (χ4v) is 5.97. The van der Waals surface area contributed by atoms with Gasteiger partial charge in [0.15, 0.2) is 0 Å². The Kier molecular flexibility index (Phi) is 7.51. The van der Waals surface area contributed by atoms with E-state index in [4.69, 9.17) is 5.10 Å². The molecule has 40 heavy (non-hydrogen) atoms. The van der Waals surface area contributed by atoms with Crippen molar-refractivity contribution in [3.63, 3.8) is 0 Å². The van der Waals surface area contributed by atoms with E-state index in [1.807, 2.05) is 39.8 Å². The maximum atomic E-state index is 15.2. The minimum Gasteiger partial charge on any atom is -0.325 e. The Morgan fingerprint density at radius 1 is 1.02 bits per heavy atom. The summed E-state index contributed by atoms with van der Waals surface area (Å²) in [4.78, 5) is 28.4. The molecule has 1 atom stereocenters.